The second kappa shape index (κ2) is 8.29. The van der Waals surface area contributed by atoms with Crippen LogP contribution in [-0.4, -0.2) is 41.2 Å². The first-order valence-electron chi connectivity index (χ1n) is 9.49. The molecule has 1 aliphatic rings. The van der Waals surface area contributed by atoms with Gasteiger partial charge in [-0.05, 0) is 49.3 Å². The van der Waals surface area contributed by atoms with Gasteiger partial charge in [0.1, 0.15) is 0 Å². The molecule has 1 saturated heterocycles. The number of anilines is 2. The fourth-order valence-corrected chi connectivity index (χ4v) is 4.46. The molecule has 1 fully saturated rings. The van der Waals surface area contributed by atoms with E-state index < -0.39 is 0 Å². The average molecular weight is 409 g/mol. The number of aromatic nitrogens is 1. The van der Waals surface area contributed by atoms with Crippen LogP contribution in [-0.2, 0) is 0 Å². The smallest absolute Gasteiger partial charge is 0.185 e. The van der Waals surface area contributed by atoms with Crippen LogP contribution in [0.5, 0.6) is 0 Å². The largest absolute Gasteiger partial charge is 0.345 e. The molecule has 4 nitrogen and oxygen atoms in total. The van der Waals surface area contributed by atoms with Gasteiger partial charge in [-0.3, -0.25) is 0 Å². The molecule has 0 amide bonds. The van der Waals surface area contributed by atoms with Gasteiger partial charge in [0.05, 0.1) is 5.69 Å². The summed E-state index contributed by atoms with van der Waals surface area (Å²) in [5, 5.41) is 7.42. The Morgan fingerprint density at radius 3 is 2.46 bits per heavy atom. The standard InChI is InChI=1S/C22H24N4S2/c1-16-8-9-19(14-17(16)2)23-21(27)25-10-12-26(13-11-25)22-24-20(15-28-22)18-6-4-3-5-7-18/h3-9,14-15H,10-13H2,1-2H3,(H,23,27). The van der Waals surface area contributed by atoms with Crippen molar-refractivity contribution in [2.75, 3.05) is 36.4 Å². The SMILES string of the molecule is Cc1ccc(NC(=S)N2CCN(c3nc(-c4ccccc4)cs3)CC2)cc1C. The summed E-state index contributed by atoms with van der Waals surface area (Å²) in [5.74, 6) is 0. The lowest BCUT2D eigenvalue weighted by Crippen LogP contribution is -2.50. The summed E-state index contributed by atoms with van der Waals surface area (Å²) in [7, 11) is 0. The van der Waals surface area contributed by atoms with Crippen LogP contribution in [0.25, 0.3) is 11.3 Å². The highest BCUT2D eigenvalue weighted by Crippen LogP contribution is 2.28. The van der Waals surface area contributed by atoms with Gasteiger partial charge in [0, 0.05) is 42.8 Å². The number of piperazine rings is 1. The van der Waals surface area contributed by atoms with Crippen molar-refractivity contribution in [3.63, 3.8) is 0 Å². The number of hydrogen-bond acceptors (Lipinski definition) is 4. The van der Waals surface area contributed by atoms with Crippen molar-refractivity contribution in [3.8, 4) is 11.3 Å². The minimum absolute atomic E-state index is 0.798. The number of thiocarbonyl (C=S) groups is 1. The second-order valence-electron chi connectivity index (χ2n) is 7.08. The molecule has 0 aliphatic carbocycles. The summed E-state index contributed by atoms with van der Waals surface area (Å²) in [4.78, 5) is 9.43. The van der Waals surface area contributed by atoms with Crippen LogP contribution in [0.4, 0.5) is 10.8 Å². The van der Waals surface area contributed by atoms with Gasteiger partial charge in [-0.2, -0.15) is 0 Å². The highest BCUT2D eigenvalue weighted by Gasteiger charge is 2.21. The number of aryl methyl sites for hydroxylation is 2. The van der Waals surface area contributed by atoms with Crippen LogP contribution in [0, 0.1) is 13.8 Å². The van der Waals surface area contributed by atoms with E-state index in [0.717, 1.165) is 47.8 Å². The number of nitrogens with one attached hydrogen (secondary N) is 1. The molecule has 0 spiro atoms. The van der Waals surface area contributed by atoms with E-state index in [0.29, 0.717) is 0 Å². The van der Waals surface area contributed by atoms with Gasteiger partial charge in [-0.15, -0.1) is 11.3 Å². The molecule has 4 rings (SSSR count). The summed E-state index contributed by atoms with van der Waals surface area (Å²) in [6, 6.07) is 16.7. The Morgan fingerprint density at radius 2 is 1.75 bits per heavy atom. The average Bonchev–Trinajstić information content (AvgIpc) is 3.22. The zero-order chi connectivity index (χ0) is 19.5. The van der Waals surface area contributed by atoms with Crippen molar-refractivity contribution in [1.29, 1.82) is 0 Å². The molecule has 0 radical (unpaired) electrons. The summed E-state index contributed by atoms with van der Waals surface area (Å²) in [6.45, 7) is 7.90. The van der Waals surface area contributed by atoms with E-state index in [2.05, 4.69) is 76.8 Å². The van der Waals surface area contributed by atoms with E-state index in [4.69, 9.17) is 17.2 Å². The third-order valence-corrected chi connectivity index (χ3v) is 6.42. The molecule has 2 heterocycles. The molecule has 0 atom stereocenters. The maximum atomic E-state index is 5.64. The molecule has 28 heavy (non-hydrogen) atoms. The predicted molar refractivity (Wildman–Crippen MR) is 123 cm³/mol. The van der Waals surface area contributed by atoms with E-state index in [1.807, 2.05) is 6.07 Å². The number of nitrogens with zero attached hydrogens (tertiary/aromatic N) is 3. The molecule has 1 N–H and O–H groups in total. The zero-order valence-corrected chi connectivity index (χ0v) is 17.8. The quantitative estimate of drug-likeness (QED) is 0.620. The Balaban J connectivity index is 1.35. The van der Waals surface area contributed by atoms with Crippen LogP contribution in [0.1, 0.15) is 11.1 Å². The molecule has 0 bridgehead atoms. The topological polar surface area (TPSA) is 31.4 Å². The lowest BCUT2D eigenvalue weighted by Gasteiger charge is -2.36. The van der Waals surface area contributed by atoms with Crippen LogP contribution in [0.3, 0.4) is 0 Å². The Morgan fingerprint density at radius 1 is 1.00 bits per heavy atom. The highest BCUT2D eigenvalue weighted by molar-refractivity contribution is 7.80. The zero-order valence-electron chi connectivity index (χ0n) is 16.2. The monoisotopic (exact) mass is 408 g/mol. The van der Waals surface area contributed by atoms with Crippen molar-refractivity contribution < 1.29 is 0 Å². The van der Waals surface area contributed by atoms with E-state index in [1.165, 1.54) is 16.7 Å². The highest BCUT2D eigenvalue weighted by atomic mass is 32.1. The van der Waals surface area contributed by atoms with E-state index in [9.17, 15) is 0 Å². The van der Waals surface area contributed by atoms with Crippen LogP contribution in [0.15, 0.2) is 53.9 Å². The van der Waals surface area contributed by atoms with E-state index >= 15 is 0 Å². The third-order valence-electron chi connectivity index (χ3n) is 5.16. The van der Waals surface area contributed by atoms with Gasteiger partial charge in [0.15, 0.2) is 10.2 Å². The lowest BCUT2D eigenvalue weighted by atomic mass is 10.1. The molecular formula is C22H24N4S2. The Hall–Kier alpha value is -2.44. The van der Waals surface area contributed by atoms with E-state index in [1.54, 1.807) is 11.3 Å². The number of hydrogen-bond donors (Lipinski definition) is 1. The van der Waals surface area contributed by atoms with Crippen molar-refractivity contribution >= 4 is 39.5 Å². The van der Waals surface area contributed by atoms with Crippen LogP contribution in [0.2, 0.25) is 0 Å². The van der Waals surface area contributed by atoms with Crippen molar-refractivity contribution in [2.24, 2.45) is 0 Å². The van der Waals surface area contributed by atoms with Gasteiger partial charge in [0.25, 0.3) is 0 Å². The molecule has 6 heteroatoms. The third kappa shape index (κ3) is 4.18. The first kappa shape index (κ1) is 18.9. The van der Waals surface area contributed by atoms with Crippen molar-refractivity contribution in [2.45, 2.75) is 13.8 Å². The van der Waals surface area contributed by atoms with E-state index in [-0.39, 0.29) is 0 Å². The Kier molecular flexibility index (Phi) is 5.59. The number of rotatable bonds is 3. The molecule has 0 unspecified atom stereocenters. The minimum atomic E-state index is 0.798. The summed E-state index contributed by atoms with van der Waals surface area (Å²) in [6.07, 6.45) is 0. The summed E-state index contributed by atoms with van der Waals surface area (Å²) in [5.41, 5.74) is 5.85. The second-order valence-corrected chi connectivity index (χ2v) is 8.31. The maximum Gasteiger partial charge on any atom is 0.185 e. The summed E-state index contributed by atoms with van der Waals surface area (Å²) < 4.78 is 0. The minimum Gasteiger partial charge on any atom is -0.345 e. The molecule has 144 valence electrons. The molecule has 3 aromatic rings. The fraction of sp³-hybridized carbons (Fsp3) is 0.273. The molecule has 0 saturated carbocycles. The van der Waals surface area contributed by atoms with Gasteiger partial charge in [-0.1, -0.05) is 36.4 Å². The van der Waals surface area contributed by atoms with Crippen LogP contribution < -0.4 is 10.2 Å². The first-order valence-corrected chi connectivity index (χ1v) is 10.8. The Labute approximate surface area is 175 Å². The molecule has 2 aromatic carbocycles. The van der Waals surface area contributed by atoms with Gasteiger partial charge >= 0.3 is 0 Å². The fourth-order valence-electron chi connectivity index (χ4n) is 3.27. The predicted octanol–water partition coefficient (Wildman–Crippen LogP) is 4.95. The van der Waals surface area contributed by atoms with Gasteiger partial charge in [0.2, 0.25) is 0 Å². The maximum absolute atomic E-state index is 5.64. The number of benzene rings is 2. The molecular weight excluding hydrogens is 384 g/mol. The lowest BCUT2D eigenvalue weighted by molar-refractivity contribution is 0.390. The van der Waals surface area contributed by atoms with Crippen LogP contribution >= 0.6 is 23.6 Å². The van der Waals surface area contributed by atoms with Gasteiger partial charge < -0.3 is 15.1 Å². The molecule has 1 aliphatic heterocycles. The molecule has 1 aromatic heterocycles. The summed E-state index contributed by atoms with van der Waals surface area (Å²) >= 11 is 7.35. The normalized spacial score (nSPS) is 14.2. The van der Waals surface area contributed by atoms with Crippen molar-refractivity contribution in [1.82, 2.24) is 9.88 Å². The van der Waals surface area contributed by atoms with Gasteiger partial charge in [-0.25, -0.2) is 4.98 Å². The first-order chi connectivity index (χ1) is 13.6. The Bertz CT molecular complexity index is 960. The van der Waals surface area contributed by atoms with Crippen molar-refractivity contribution in [3.05, 3.63) is 65.0 Å². The number of thiazole rings is 1.